The van der Waals surface area contributed by atoms with Crippen molar-refractivity contribution in [2.75, 3.05) is 12.0 Å². The molecule has 0 saturated heterocycles. The molecule has 0 aliphatic carbocycles. The molecule has 6 heteroatoms. The monoisotopic (exact) mass is 335 g/mol. The first-order valence-corrected chi connectivity index (χ1v) is 7.98. The molecule has 0 bridgehead atoms. The van der Waals surface area contributed by atoms with Crippen LogP contribution in [0.3, 0.4) is 0 Å². The van der Waals surface area contributed by atoms with Gasteiger partial charge in [0.1, 0.15) is 5.82 Å². The molecule has 1 amide bonds. The molecule has 0 heterocycles. The molecule has 0 aliphatic rings. The maximum Gasteiger partial charge on any atom is 0.254 e. The lowest BCUT2D eigenvalue weighted by atomic mass is 10.1. The highest BCUT2D eigenvalue weighted by Crippen LogP contribution is 2.15. The van der Waals surface area contributed by atoms with E-state index in [1.807, 2.05) is 0 Å². The van der Waals surface area contributed by atoms with E-state index in [0.717, 1.165) is 0 Å². The van der Waals surface area contributed by atoms with Gasteiger partial charge in [0, 0.05) is 33.3 Å². The summed E-state index contributed by atoms with van der Waals surface area (Å²) in [6.45, 7) is 1.81. The SMILES string of the molecule is CC(CCS(C)=O)NC(=O)c1cc(Br)ccc1F. The second kappa shape index (κ2) is 6.99. The fourth-order valence-corrected chi connectivity index (χ4v) is 2.43. The van der Waals surface area contributed by atoms with Crippen molar-refractivity contribution in [2.24, 2.45) is 0 Å². The van der Waals surface area contributed by atoms with E-state index in [9.17, 15) is 13.4 Å². The zero-order valence-electron chi connectivity index (χ0n) is 10.2. The zero-order chi connectivity index (χ0) is 13.7. The number of hydrogen-bond acceptors (Lipinski definition) is 2. The highest BCUT2D eigenvalue weighted by Gasteiger charge is 2.14. The Morgan fingerprint density at radius 3 is 2.83 bits per heavy atom. The van der Waals surface area contributed by atoms with Crippen LogP contribution in [0, 0.1) is 5.82 Å². The lowest BCUT2D eigenvalue weighted by Crippen LogP contribution is -2.34. The van der Waals surface area contributed by atoms with Gasteiger partial charge in [-0.2, -0.15) is 0 Å². The molecule has 1 rings (SSSR count). The lowest BCUT2D eigenvalue weighted by molar-refractivity contribution is 0.0935. The van der Waals surface area contributed by atoms with Crippen molar-refractivity contribution in [2.45, 2.75) is 19.4 Å². The Hall–Kier alpha value is -0.750. The fourth-order valence-electron chi connectivity index (χ4n) is 1.39. The molecule has 0 saturated carbocycles. The molecular weight excluding hydrogens is 321 g/mol. The molecule has 100 valence electrons. The van der Waals surface area contributed by atoms with Crippen molar-refractivity contribution < 1.29 is 13.4 Å². The average molecular weight is 336 g/mol. The van der Waals surface area contributed by atoms with E-state index in [1.54, 1.807) is 13.2 Å². The molecule has 3 nitrogen and oxygen atoms in total. The summed E-state index contributed by atoms with van der Waals surface area (Å²) in [4.78, 5) is 11.8. The summed E-state index contributed by atoms with van der Waals surface area (Å²) in [5.74, 6) is -0.493. The molecule has 2 atom stereocenters. The van der Waals surface area contributed by atoms with Crippen LogP contribution < -0.4 is 5.32 Å². The third-order valence-corrected chi connectivity index (χ3v) is 3.69. The van der Waals surface area contributed by atoms with Crippen LogP contribution in [0.2, 0.25) is 0 Å². The van der Waals surface area contributed by atoms with Crippen molar-refractivity contribution in [1.82, 2.24) is 5.32 Å². The van der Waals surface area contributed by atoms with Crippen molar-refractivity contribution in [3.8, 4) is 0 Å². The Kier molecular flexibility index (Phi) is 5.95. The van der Waals surface area contributed by atoms with Gasteiger partial charge in [0.2, 0.25) is 0 Å². The first-order valence-electron chi connectivity index (χ1n) is 5.46. The molecule has 0 radical (unpaired) electrons. The predicted molar refractivity (Wildman–Crippen MR) is 74.6 cm³/mol. The Balaban J connectivity index is 2.64. The topological polar surface area (TPSA) is 46.2 Å². The van der Waals surface area contributed by atoms with Gasteiger partial charge in [-0.1, -0.05) is 15.9 Å². The highest BCUT2D eigenvalue weighted by molar-refractivity contribution is 9.10. The van der Waals surface area contributed by atoms with Crippen LogP contribution in [-0.2, 0) is 10.8 Å². The average Bonchev–Trinajstić information content (AvgIpc) is 2.29. The molecule has 0 spiro atoms. The first kappa shape index (κ1) is 15.3. The third kappa shape index (κ3) is 4.86. The number of rotatable bonds is 5. The molecule has 0 fully saturated rings. The zero-order valence-corrected chi connectivity index (χ0v) is 12.6. The number of carbonyl (C=O) groups is 1. The van der Waals surface area contributed by atoms with Crippen LogP contribution in [0.15, 0.2) is 22.7 Å². The Morgan fingerprint density at radius 1 is 1.56 bits per heavy atom. The quantitative estimate of drug-likeness (QED) is 0.898. The van der Waals surface area contributed by atoms with Crippen molar-refractivity contribution in [1.29, 1.82) is 0 Å². The number of carbonyl (C=O) groups excluding carboxylic acids is 1. The van der Waals surface area contributed by atoms with E-state index in [4.69, 9.17) is 0 Å². The van der Waals surface area contributed by atoms with E-state index in [2.05, 4.69) is 21.2 Å². The van der Waals surface area contributed by atoms with Crippen LogP contribution >= 0.6 is 15.9 Å². The number of nitrogens with one attached hydrogen (secondary N) is 1. The molecule has 1 aromatic rings. The maximum atomic E-state index is 13.5. The molecule has 2 unspecified atom stereocenters. The maximum absolute atomic E-state index is 13.5. The fraction of sp³-hybridized carbons (Fsp3) is 0.417. The molecule has 0 aliphatic heterocycles. The summed E-state index contributed by atoms with van der Waals surface area (Å²) in [6, 6.07) is 4.08. The summed E-state index contributed by atoms with van der Waals surface area (Å²) in [7, 11) is -0.886. The number of halogens is 2. The molecular formula is C12H15BrFNO2S. The summed E-state index contributed by atoms with van der Waals surface area (Å²) in [5.41, 5.74) is 0.00819. The van der Waals surface area contributed by atoms with Crippen LogP contribution in [0.25, 0.3) is 0 Å². The van der Waals surface area contributed by atoms with Gasteiger partial charge in [0.05, 0.1) is 5.56 Å². The Morgan fingerprint density at radius 2 is 2.22 bits per heavy atom. The van der Waals surface area contributed by atoms with E-state index in [-0.39, 0.29) is 11.6 Å². The van der Waals surface area contributed by atoms with Gasteiger partial charge in [-0.3, -0.25) is 9.00 Å². The van der Waals surface area contributed by atoms with E-state index >= 15 is 0 Å². The smallest absolute Gasteiger partial charge is 0.254 e. The van der Waals surface area contributed by atoms with Gasteiger partial charge in [0.25, 0.3) is 5.91 Å². The van der Waals surface area contributed by atoms with E-state index < -0.39 is 22.5 Å². The molecule has 1 N–H and O–H groups in total. The van der Waals surface area contributed by atoms with Crippen LogP contribution in [0.5, 0.6) is 0 Å². The molecule has 0 aromatic heterocycles. The largest absolute Gasteiger partial charge is 0.349 e. The van der Waals surface area contributed by atoms with Gasteiger partial charge < -0.3 is 5.32 Å². The molecule has 18 heavy (non-hydrogen) atoms. The Labute approximate surface area is 117 Å². The van der Waals surface area contributed by atoms with Gasteiger partial charge in [-0.25, -0.2) is 4.39 Å². The first-order chi connectivity index (χ1) is 8.40. The normalized spacial score (nSPS) is 14.0. The van der Waals surface area contributed by atoms with Crippen LogP contribution in [0.1, 0.15) is 23.7 Å². The van der Waals surface area contributed by atoms with Crippen molar-refractivity contribution >= 4 is 32.6 Å². The van der Waals surface area contributed by atoms with Gasteiger partial charge >= 0.3 is 0 Å². The second-order valence-electron chi connectivity index (χ2n) is 4.06. The lowest BCUT2D eigenvalue weighted by Gasteiger charge is -2.13. The summed E-state index contributed by atoms with van der Waals surface area (Å²) >= 11 is 3.19. The summed E-state index contributed by atoms with van der Waals surface area (Å²) < 4.78 is 25.0. The van der Waals surface area contributed by atoms with Crippen LogP contribution in [-0.4, -0.2) is 28.2 Å². The van der Waals surface area contributed by atoms with Gasteiger partial charge in [0.15, 0.2) is 0 Å². The number of benzene rings is 1. The van der Waals surface area contributed by atoms with Gasteiger partial charge in [-0.05, 0) is 31.5 Å². The number of hydrogen-bond donors (Lipinski definition) is 1. The number of amides is 1. The van der Waals surface area contributed by atoms with Crippen molar-refractivity contribution in [3.05, 3.63) is 34.1 Å². The molecule has 1 aromatic carbocycles. The van der Waals surface area contributed by atoms with Gasteiger partial charge in [-0.15, -0.1) is 0 Å². The predicted octanol–water partition coefficient (Wildman–Crippen LogP) is 2.48. The van der Waals surface area contributed by atoms with E-state index in [0.29, 0.717) is 16.6 Å². The summed E-state index contributed by atoms with van der Waals surface area (Å²) in [5, 5.41) is 2.69. The third-order valence-electron chi connectivity index (χ3n) is 2.39. The van der Waals surface area contributed by atoms with E-state index in [1.165, 1.54) is 18.2 Å². The standard InChI is InChI=1S/C12H15BrFNO2S/c1-8(5-6-18(2)17)15-12(16)10-7-9(13)3-4-11(10)14/h3-4,7-8H,5-6H2,1-2H3,(H,15,16). The van der Waals surface area contributed by atoms with Crippen molar-refractivity contribution in [3.63, 3.8) is 0 Å². The minimum absolute atomic E-state index is 0.00819. The highest BCUT2D eigenvalue weighted by atomic mass is 79.9. The van der Waals surface area contributed by atoms with Crippen LogP contribution in [0.4, 0.5) is 4.39 Å². The second-order valence-corrected chi connectivity index (χ2v) is 6.53. The Bertz CT molecular complexity index is 467. The minimum Gasteiger partial charge on any atom is -0.349 e. The summed E-state index contributed by atoms with van der Waals surface area (Å²) in [6.07, 6.45) is 2.22. The minimum atomic E-state index is -0.886.